The minimum atomic E-state index is -0.446. The van der Waals surface area contributed by atoms with Gasteiger partial charge in [-0.3, -0.25) is 9.48 Å². The number of nitrogens with zero attached hydrogens (tertiary/aromatic N) is 4. The number of halogens is 2. The van der Waals surface area contributed by atoms with E-state index in [9.17, 15) is 4.79 Å². The normalized spacial score (nSPS) is 10.7. The Morgan fingerprint density at radius 3 is 2.96 bits per heavy atom. The highest BCUT2D eigenvalue weighted by Gasteiger charge is 2.15. The molecule has 0 spiro atoms. The van der Waals surface area contributed by atoms with Crippen molar-refractivity contribution in [3.63, 3.8) is 0 Å². The highest BCUT2D eigenvalue weighted by Crippen LogP contribution is 2.14. The number of hydrogen-bond donors (Lipinski definition) is 1. The minimum Gasteiger partial charge on any atom is -0.344 e. The molecule has 0 saturated heterocycles. The van der Waals surface area contributed by atoms with Gasteiger partial charge in [0.05, 0.1) is 9.77 Å². The van der Waals surface area contributed by atoms with Gasteiger partial charge >= 0.3 is 11.8 Å². The van der Waals surface area contributed by atoms with Crippen LogP contribution in [0.15, 0.2) is 41.2 Å². The molecule has 1 N–H and O–H groups in total. The molecule has 0 atom stereocenters. The first kappa shape index (κ1) is 15.9. The van der Waals surface area contributed by atoms with Crippen LogP contribution in [0.4, 0.5) is 0 Å². The molecule has 0 aliphatic carbocycles. The molecule has 3 rings (SSSR count). The van der Waals surface area contributed by atoms with Crippen LogP contribution < -0.4 is 5.32 Å². The fourth-order valence-electron chi connectivity index (χ4n) is 1.87. The average Bonchev–Trinajstić information content (AvgIpc) is 3.16. The molecule has 1 amide bonds. The number of amides is 1. The van der Waals surface area contributed by atoms with E-state index in [-0.39, 0.29) is 12.4 Å². The summed E-state index contributed by atoms with van der Waals surface area (Å²) in [5.74, 6) is -0.153. The Hall–Kier alpha value is -1.94. The van der Waals surface area contributed by atoms with E-state index in [1.807, 2.05) is 24.4 Å². The van der Waals surface area contributed by atoms with Crippen LogP contribution in [0, 0.1) is 3.57 Å². The average molecular weight is 444 g/mol. The van der Waals surface area contributed by atoms with Crippen molar-refractivity contribution in [2.75, 3.05) is 0 Å². The van der Waals surface area contributed by atoms with E-state index >= 15 is 0 Å². The van der Waals surface area contributed by atoms with Gasteiger partial charge in [0.25, 0.3) is 0 Å². The molecule has 0 fully saturated rings. The monoisotopic (exact) mass is 443 g/mol. The number of hydrogen-bond acceptors (Lipinski definition) is 5. The van der Waals surface area contributed by atoms with E-state index in [0.717, 1.165) is 9.13 Å². The molecular weight excluding hydrogens is 433 g/mol. The molecular formula is C14H11ClIN5O2. The third kappa shape index (κ3) is 4.08. The van der Waals surface area contributed by atoms with Crippen molar-refractivity contribution < 1.29 is 9.32 Å². The Kier molecular flexibility index (Phi) is 4.91. The third-order valence-electron chi connectivity index (χ3n) is 2.96. The zero-order valence-corrected chi connectivity index (χ0v) is 14.7. The van der Waals surface area contributed by atoms with Gasteiger partial charge in [0.2, 0.25) is 0 Å². The van der Waals surface area contributed by atoms with Gasteiger partial charge in [0.1, 0.15) is 6.54 Å². The van der Waals surface area contributed by atoms with Gasteiger partial charge in [-0.05, 0) is 34.2 Å². The SMILES string of the molecule is O=C(NCc1ccccc1Cl)c1nc(Cn2cc(I)cn2)no1. The zero-order chi connectivity index (χ0) is 16.2. The molecule has 0 saturated carbocycles. The number of aromatic nitrogens is 4. The van der Waals surface area contributed by atoms with E-state index in [1.54, 1.807) is 16.9 Å². The molecule has 1 aromatic carbocycles. The van der Waals surface area contributed by atoms with E-state index in [1.165, 1.54) is 0 Å². The highest BCUT2D eigenvalue weighted by molar-refractivity contribution is 14.1. The fourth-order valence-corrected chi connectivity index (χ4v) is 2.52. The predicted octanol–water partition coefficient (Wildman–Crippen LogP) is 2.50. The molecule has 0 unspecified atom stereocenters. The Labute approximate surface area is 150 Å². The lowest BCUT2D eigenvalue weighted by atomic mass is 10.2. The zero-order valence-electron chi connectivity index (χ0n) is 11.7. The maximum Gasteiger partial charge on any atom is 0.316 e. The largest absolute Gasteiger partial charge is 0.344 e. The molecule has 118 valence electrons. The molecule has 23 heavy (non-hydrogen) atoms. The van der Waals surface area contributed by atoms with Gasteiger partial charge in [0, 0.05) is 17.8 Å². The van der Waals surface area contributed by atoms with E-state index in [4.69, 9.17) is 16.1 Å². The van der Waals surface area contributed by atoms with Crippen molar-refractivity contribution in [1.82, 2.24) is 25.2 Å². The lowest BCUT2D eigenvalue weighted by Gasteiger charge is -2.04. The molecule has 2 aromatic heterocycles. The summed E-state index contributed by atoms with van der Waals surface area (Å²) in [5, 5.41) is 11.2. The number of rotatable bonds is 5. The van der Waals surface area contributed by atoms with Crippen LogP contribution in [-0.2, 0) is 13.1 Å². The summed E-state index contributed by atoms with van der Waals surface area (Å²) in [5.41, 5.74) is 0.813. The van der Waals surface area contributed by atoms with Crippen molar-refractivity contribution in [2.45, 2.75) is 13.1 Å². The van der Waals surface area contributed by atoms with Gasteiger partial charge in [-0.25, -0.2) is 0 Å². The molecule has 0 aliphatic heterocycles. The quantitative estimate of drug-likeness (QED) is 0.613. The summed E-state index contributed by atoms with van der Waals surface area (Å²) in [6.45, 7) is 0.623. The second-order valence-corrected chi connectivity index (χ2v) is 6.30. The van der Waals surface area contributed by atoms with Crippen molar-refractivity contribution in [3.05, 3.63) is 62.5 Å². The van der Waals surface area contributed by atoms with Crippen LogP contribution in [0.3, 0.4) is 0 Å². The maximum atomic E-state index is 12.0. The Morgan fingerprint density at radius 2 is 2.22 bits per heavy atom. The summed E-state index contributed by atoms with van der Waals surface area (Å²) in [6, 6.07) is 7.28. The first-order valence-corrected chi connectivity index (χ1v) is 8.09. The van der Waals surface area contributed by atoms with Crippen LogP contribution >= 0.6 is 34.2 Å². The Bertz CT molecular complexity index is 832. The second kappa shape index (κ2) is 7.09. The molecule has 7 nitrogen and oxygen atoms in total. The molecule has 0 radical (unpaired) electrons. The summed E-state index contributed by atoms with van der Waals surface area (Å²) in [7, 11) is 0. The van der Waals surface area contributed by atoms with Crippen LogP contribution in [0.25, 0.3) is 0 Å². The summed E-state index contributed by atoms with van der Waals surface area (Å²) >= 11 is 8.19. The first-order valence-electron chi connectivity index (χ1n) is 6.64. The van der Waals surface area contributed by atoms with Gasteiger partial charge in [0.15, 0.2) is 5.82 Å². The molecule has 9 heteroatoms. The summed E-state index contributed by atoms with van der Waals surface area (Å²) in [4.78, 5) is 16.1. The van der Waals surface area contributed by atoms with Crippen LogP contribution in [0.2, 0.25) is 5.02 Å². The van der Waals surface area contributed by atoms with Crippen molar-refractivity contribution in [3.8, 4) is 0 Å². The topological polar surface area (TPSA) is 85.8 Å². The lowest BCUT2D eigenvalue weighted by Crippen LogP contribution is -2.23. The number of carbonyl (C=O) groups excluding carboxylic acids is 1. The maximum absolute atomic E-state index is 12.0. The van der Waals surface area contributed by atoms with Gasteiger partial charge in [-0.1, -0.05) is 35.0 Å². The van der Waals surface area contributed by atoms with Crippen molar-refractivity contribution >= 4 is 40.1 Å². The number of nitrogens with one attached hydrogen (secondary N) is 1. The lowest BCUT2D eigenvalue weighted by molar-refractivity contribution is 0.0907. The second-order valence-electron chi connectivity index (χ2n) is 4.65. The van der Waals surface area contributed by atoms with Crippen molar-refractivity contribution in [2.24, 2.45) is 0 Å². The van der Waals surface area contributed by atoms with E-state index < -0.39 is 5.91 Å². The van der Waals surface area contributed by atoms with E-state index in [2.05, 4.69) is 43.1 Å². The third-order valence-corrected chi connectivity index (χ3v) is 3.89. The van der Waals surface area contributed by atoms with Gasteiger partial charge in [-0.15, -0.1) is 0 Å². The predicted molar refractivity (Wildman–Crippen MR) is 91.0 cm³/mol. The summed E-state index contributed by atoms with van der Waals surface area (Å²) < 4.78 is 7.64. The highest BCUT2D eigenvalue weighted by atomic mass is 127. The van der Waals surface area contributed by atoms with Crippen LogP contribution in [0.1, 0.15) is 22.1 Å². The minimum absolute atomic E-state index is 0.0890. The van der Waals surface area contributed by atoms with Gasteiger partial charge < -0.3 is 9.84 Å². The molecule has 3 aromatic rings. The molecule has 0 aliphatic rings. The Balaban J connectivity index is 1.61. The fraction of sp³-hybridized carbons (Fsp3) is 0.143. The Morgan fingerprint density at radius 1 is 1.39 bits per heavy atom. The van der Waals surface area contributed by atoms with Crippen molar-refractivity contribution in [1.29, 1.82) is 0 Å². The van der Waals surface area contributed by atoms with E-state index in [0.29, 0.717) is 17.4 Å². The first-order chi connectivity index (χ1) is 11.1. The molecule has 2 heterocycles. The number of benzene rings is 1. The number of carbonyl (C=O) groups is 1. The van der Waals surface area contributed by atoms with Gasteiger partial charge in [-0.2, -0.15) is 10.1 Å². The van der Waals surface area contributed by atoms with Crippen LogP contribution in [-0.4, -0.2) is 25.8 Å². The summed E-state index contributed by atoms with van der Waals surface area (Å²) in [6.07, 6.45) is 3.56. The standard InChI is InChI=1S/C14H11ClIN5O2/c15-11-4-2-1-3-9(11)5-17-13(22)14-19-12(20-23-14)8-21-7-10(16)6-18-21/h1-4,6-7H,5,8H2,(H,17,22). The smallest absolute Gasteiger partial charge is 0.316 e. The van der Waals surface area contributed by atoms with Crippen LogP contribution in [0.5, 0.6) is 0 Å². The molecule has 0 bridgehead atoms.